The molecule has 4 nitrogen and oxygen atoms in total. The van der Waals surface area contributed by atoms with E-state index in [1.54, 1.807) is 0 Å². The van der Waals surface area contributed by atoms with E-state index >= 15 is 0 Å². The molecule has 1 N–H and O–H groups in total. The molecule has 0 unspecified atom stereocenters. The number of amides is 1. The van der Waals surface area contributed by atoms with Crippen molar-refractivity contribution in [2.75, 3.05) is 0 Å². The Balaban J connectivity index is 1.48. The summed E-state index contributed by atoms with van der Waals surface area (Å²) in [5.41, 5.74) is -0.917. The fourth-order valence-electron chi connectivity index (χ4n) is 7.09. The Kier molecular flexibility index (Phi) is 3.65. The van der Waals surface area contributed by atoms with Gasteiger partial charge in [0.2, 0.25) is 5.91 Å². The topological polar surface area (TPSA) is 52.2 Å². The first-order chi connectivity index (χ1) is 11.1. The van der Waals surface area contributed by atoms with Crippen molar-refractivity contribution in [3.63, 3.8) is 0 Å². The van der Waals surface area contributed by atoms with Gasteiger partial charge in [-0.1, -0.05) is 0 Å². The minimum atomic E-state index is -0.416. The lowest BCUT2D eigenvalue weighted by Gasteiger charge is -2.56. The van der Waals surface area contributed by atoms with Crippen LogP contribution in [0.1, 0.15) is 79.1 Å². The van der Waals surface area contributed by atoms with Crippen molar-refractivity contribution in [1.29, 1.82) is 0 Å². The fourth-order valence-corrected chi connectivity index (χ4v) is 7.09. The summed E-state index contributed by atoms with van der Waals surface area (Å²) in [7, 11) is 0. The number of hydrogen-bond donors (Lipinski definition) is 1. The zero-order chi connectivity index (χ0) is 17.3. The Morgan fingerprint density at radius 2 is 1.25 bits per heavy atom. The first-order valence-electron chi connectivity index (χ1n) is 9.88. The zero-order valence-electron chi connectivity index (χ0n) is 15.7. The minimum Gasteiger partial charge on any atom is -0.353 e. The third-order valence-corrected chi connectivity index (χ3v) is 7.45. The molecule has 24 heavy (non-hydrogen) atoms. The summed E-state index contributed by atoms with van der Waals surface area (Å²) in [6.07, 6.45) is 8.91. The molecule has 0 atom stereocenters. The van der Waals surface area contributed by atoms with Crippen LogP contribution in [0.2, 0.25) is 0 Å². The van der Waals surface area contributed by atoms with Crippen LogP contribution in [0.4, 0.5) is 0 Å². The van der Waals surface area contributed by atoms with Crippen LogP contribution in [-0.4, -0.2) is 28.1 Å². The van der Waals surface area contributed by atoms with Gasteiger partial charge >= 0.3 is 0 Å². The van der Waals surface area contributed by atoms with Crippen molar-refractivity contribution in [2.24, 2.45) is 23.2 Å². The Morgan fingerprint density at radius 3 is 1.67 bits per heavy atom. The van der Waals surface area contributed by atoms with Crippen molar-refractivity contribution in [2.45, 2.75) is 96.2 Å². The van der Waals surface area contributed by atoms with E-state index in [1.165, 1.54) is 24.3 Å². The average Bonchev–Trinajstić information content (AvgIpc) is 2.42. The van der Waals surface area contributed by atoms with Crippen LogP contribution >= 0.6 is 0 Å². The van der Waals surface area contributed by atoms with Gasteiger partial charge in [-0.05, 0) is 96.8 Å². The SMILES string of the molecule is CC1(C)CC(NC(=O)C23CC4CC(CC(C4)C2)C3)CC(C)(C)N1[O]. The largest absolute Gasteiger partial charge is 0.353 e. The smallest absolute Gasteiger partial charge is 0.226 e. The molecule has 5 fully saturated rings. The standard InChI is InChI=1S/C20H33N2O2/c1-18(2)11-16(12-19(3,4)22(18)24)21-17(23)20-8-13-5-14(9-20)7-15(6-13)10-20/h13-16H,5-12H2,1-4H3,(H,21,23). The monoisotopic (exact) mass is 333 g/mol. The third kappa shape index (κ3) is 2.61. The molecule has 5 rings (SSSR count). The van der Waals surface area contributed by atoms with Crippen molar-refractivity contribution in [3.05, 3.63) is 0 Å². The third-order valence-electron chi connectivity index (χ3n) is 7.45. The molecule has 4 heteroatoms. The van der Waals surface area contributed by atoms with E-state index < -0.39 is 11.1 Å². The highest BCUT2D eigenvalue weighted by Gasteiger charge is 2.55. The second-order valence-corrected chi connectivity index (χ2v) is 10.7. The maximum absolute atomic E-state index is 13.3. The Hall–Kier alpha value is -0.610. The Morgan fingerprint density at radius 1 is 0.833 bits per heavy atom. The van der Waals surface area contributed by atoms with E-state index in [1.807, 2.05) is 27.7 Å². The summed E-state index contributed by atoms with van der Waals surface area (Å²) in [5, 5.41) is 17.2. The highest BCUT2D eigenvalue weighted by atomic mass is 16.5. The first kappa shape index (κ1) is 16.8. The van der Waals surface area contributed by atoms with Crippen molar-refractivity contribution >= 4 is 5.91 Å². The number of piperidine rings is 1. The normalized spacial score (nSPS) is 43.8. The van der Waals surface area contributed by atoms with Gasteiger partial charge in [-0.3, -0.25) is 4.79 Å². The predicted octanol–water partition coefficient (Wildman–Crippen LogP) is 3.69. The van der Waals surface area contributed by atoms with Gasteiger partial charge < -0.3 is 5.32 Å². The summed E-state index contributed by atoms with van der Waals surface area (Å²) in [4.78, 5) is 13.3. The Labute approximate surface area is 146 Å². The van der Waals surface area contributed by atoms with Gasteiger partial charge in [0.15, 0.2) is 0 Å². The summed E-state index contributed by atoms with van der Waals surface area (Å²) in [6.45, 7) is 8.02. The minimum absolute atomic E-state index is 0.0857. The van der Waals surface area contributed by atoms with Gasteiger partial charge in [0.1, 0.15) is 0 Å². The number of carbonyl (C=O) groups is 1. The Bertz CT molecular complexity index is 486. The number of hydrogen-bond acceptors (Lipinski definition) is 2. The molecular formula is C20H33N2O2. The van der Waals surface area contributed by atoms with Crippen LogP contribution in [0.3, 0.4) is 0 Å². The predicted molar refractivity (Wildman–Crippen MR) is 92.5 cm³/mol. The number of nitrogens with zero attached hydrogens (tertiary/aromatic N) is 1. The van der Waals surface area contributed by atoms with E-state index in [9.17, 15) is 10.0 Å². The molecular weight excluding hydrogens is 300 g/mol. The number of nitrogens with one attached hydrogen (secondary N) is 1. The zero-order valence-corrected chi connectivity index (χ0v) is 15.7. The van der Waals surface area contributed by atoms with E-state index in [0.29, 0.717) is 5.91 Å². The van der Waals surface area contributed by atoms with E-state index in [-0.39, 0.29) is 11.5 Å². The molecule has 1 radical (unpaired) electrons. The molecule has 5 aliphatic rings. The van der Waals surface area contributed by atoms with Crippen molar-refractivity contribution in [1.82, 2.24) is 10.4 Å². The van der Waals surface area contributed by atoms with Gasteiger partial charge in [-0.2, -0.15) is 0 Å². The molecule has 4 aliphatic carbocycles. The molecule has 0 spiro atoms. The average molecular weight is 333 g/mol. The maximum atomic E-state index is 13.3. The van der Waals surface area contributed by atoms with Gasteiger partial charge in [-0.25, -0.2) is 0 Å². The molecule has 135 valence electrons. The molecule has 0 aromatic carbocycles. The first-order valence-corrected chi connectivity index (χ1v) is 9.88. The van der Waals surface area contributed by atoms with E-state index in [4.69, 9.17) is 0 Å². The van der Waals surface area contributed by atoms with Gasteiger partial charge in [0.05, 0.1) is 0 Å². The highest BCUT2D eigenvalue weighted by molar-refractivity contribution is 5.83. The van der Waals surface area contributed by atoms with Gasteiger partial charge in [-0.15, -0.1) is 10.3 Å². The van der Waals surface area contributed by atoms with Gasteiger partial charge in [0, 0.05) is 22.5 Å². The van der Waals surface area contributed by atoms with Crippen LogP contribution in [0.5, 0.6) is 0 Å². The summed E-state index contributed by atoms with van der Waals surface area (Å²) < 4.78 is 0. The van der Waals surface area contributed by atoms with Crippen LogP contribution in [0.15, 0.2) is 0 Å². The summed E-state index contributed by atoms with van der Waals surface area (Å²) in [5.74, 6) is 2.67. The fraction of sp³-hybridized carbons (Fsp3) is 0.950. The van der Waals surface area contributed by atoms with E-state index in [0.717, 1.165) is 49.9 Å². The molecule has 1 heterocycles. The molecule has 1 saturated heterocycles. The lowest BCUT2D eigenvalue weighted by atomic mass is 9.49. The van der Waals surface area contributed by atoms with Crippen molar-refractivity contribution < 1.29 is 10.0 Å². The molecule has 0 aromatic rings. The maximum Gasteiger partial charge on any atom is 0.226 e. The molecule has 4 bridgehead atoms. The molecule has 1 amide bonds. The highest BCUT2D eigenvalue weighted by Crippen LogP contribution is 2.60. The second kappa shape index (κ2) is 5.20. The van der Waals surface area contributed by atoms with Crippen molar-refractivity contribution in [3.8, 4) is 0 Å². The lowest BCUT2D eigenvalue weighted by Crippen LogP contribution is -2.64. The molecule has 4 saturated carbocycles. The van der Waals surface area contributed by atoms with E-state index in [2.05, 4.69) is 5.32 Å². The molecule has 0 aromatic heterocycles. The number of carbonyl (C=O) groups excluding carboxylic acids is 1. The lowest BCUT2D eigenvalue weighted by molar-refractivity contribution is -0.290. The number of rotatable bonds is 2. The van der Waals surface area contributed by atoms with Crippen LogP contribution in [0, 0.1) is 23.2 Å². The summed E-state index contributed by atoms with van der Waals surface area (Å²) in [6, 6.07) is 0.126. The second-order valence-electron chi connectivity index (χ2n) is 10.7. The molecule has 1 aliphatic heterocycles. The van der Waals surface area contributed by atoms with Crippen LogP contribution in [0.25, 0.3) is 0 Å². The van der Waals surface area contributed by atoms with Crippen LogP contribution < -0.4 is 5.32 Å². The summed E-state index contributed by atoms with van der Waals surface area (Å²) >= 11 is 0. The number of hydroxylamine groups is 2. The quantitative estimate of drug-likeness (QED) is 0.838. The van der Waals surface area contributed by atoms with Crippen LogP contribution in [-0.2, 0) is 10.0 Å². The van der Waals surface area contributed by atoms with Gasteiger partial charge in [0.25, 0.3) is 0 Å².